The number of esters is 5. The van der Waals surface area contributed by atoms with Gasteiger partial charge in [0.15, 0.2) is 11.5 Å². The molecule has 0 amide bonds. The lowest BCUT2D eigenvalue weighted by Crippen LogP contribution is -2.85. The van der Waals surface area contributed by atoms with Gasteiger partial charge in [-0.25, -0.2) is 14.4 Å². The Morgan fingerprint density at radius 3 is 2.23 bits per heavy atom. The maximum absolute atomic E-state index is 14.9. The highest BCUT2D eigenvalue weighted by Crippen LogP contribution is 2.82. The number of allylic oxidation sites excluding steroid dienone is 1. The maximum atomic E-state index is 14.9. The van der Waals surface area contributed by atoms with E-state index in [1.54, 1.807) is 26.8 Å². The van der Waals surface area contributed by atoms with E-state index in [2.05, 4.69) is 6.58 Å². The van der Waals surface area contributed by atoms with Gasteiger partial charge in [-0.3, -0.25) is 14.4 Å². The zero-order valence-electron chi connectivity index (χ0n) is 25.3. The number of ether oxygens (including phenoxy) is 6. The molecule has 9 unspecified atom stereocenters. The third-order valence-electron chi connectivity index (χ3n) is 11.2. The monoisotopic (exact) mass is 598 g/mol. The molecule has 6 aliphatic rings. The van der Waals surface area contributed by atoms with Gasteiger partial charge in [0, 0.05) is 25.0 Å². The first-order valence-corrected chi connectivity index (χ1v) is 14.1. The molecule has 3 bridgehead atoms. The summed E-state index contributed by atoms with van der Waals surface area (Å²) < 4.78 is 36.2. The van der Waals surface area contributed by atoms with E-state index in [4.69, 9.17) is 28.4 Å². The summed E-state index contributed by atoms with van der Waals surface area (Å²) in [6.07, 6.45) is -0.228. The summed E-state index contributed by atoms with van der Waals surface area (Å²) in [6.45, 7) is 16.2. The van der Waals surface area contributed by atoms with Gasteiger partial charge in [-0.05, 0) is 47.1 Å². The second-order valence-corrected chi connectivity index (χ2v) is 13.2. The fourth-order valence-corrected chi connectivity index (χ4v) is 9.01. The Kier molecular flexibility index (Phi) is 5.46. The highest BCUT2D eigenvalue weighted by molar-refractivity contribution is 6.21. The number of carbonyl (C=O) groups is 6. The van der Waals surface area contributed by atoms with E-state index in [-0.39, 0.29) is 17.6 Å². The molecule has 0 radical (unpaired) electrons. The molecule has 5 fully saturated rings. The number of fused-ring (bicyclic) bond motifs is 1. The van der Waals surface area contributed by atoms with Crippen molar-refractivity contribution in [1.82, 2.24) is 0 Å². The Hall–Kier alpha value is -3.80. The molecule has 0 aromatic heterocycles. The molecule has 43 heavy (non-hydrogen) atoms. The number of Topliss-reactive ketones (excluding diaryl/α,β-unsaturated/α-hetero) is 1. The van der Waals surface area contributed by atoms with Crippen LogP contribution < -0.4 is 0 Å². The molecule has 4 heterocycles. The van der Waals surface area contributed by atoms with Crippen molar-refractivity contribution in [2.75, 3.05) is 0 Å². The van der Waals surface area contributed by atoms with Crippen LogP contribution in [0.3, 0.4) is 0 Å². The topological polar surface area (TPSA) is 158 Å². The SMILES string of the molecule is C=C1C2(C=CC(=O)OC2(C)C)CC(OC(=O)C(C)=CC)C2(C)C13OC14C(=O)OC(C)(C(=O)C12C(=O)OC4C)C3OC(C)=O. The summed E-state index contributed by atoms with van der Waals surface area (Å²) in [5, 5.41) is 0. The summed E-state index contributed by atoms with van der Waals surface area (Å²) in [6, 6.07) is 0. The first kappa shape index (κ1) is 29.3. The van der Waals surface area contributed by atoms with E-state index in [0.717, 1.165) is 6.92 Å². The normalized spacial score (nSPS) is 47.0. The minimum Gasteiger partial charge on any atom is -0.458 e. The van der Waals surface area contributed by atoms with Gasteiger partial charge in [-0.15, -0.1) is 0 Å². The molecule has 2 spiro atoms. The fraction of sp³-hybridized carbons (Fsp3) is 0.613. The zero-order chi connectivity index (χ0) is 31.9. The predicted molar refractivity (Wildman–Crippen MR) is 143 cm³/mol. The summed E-state index contributed by atoms with van der Waals surface area (Å²) in [5.41, 5.74) is -13.3. The van der Waals surface area contributed by atoms with Crippen LogP contribution in [0.1, 0.15) is 61.8 Å². The maximum Gasteiger partial charge on any atom is 0.345 e. The third-order valence-corrected chi connectivity index (χ3v) is 11.2. The van der Waals surface area contributed by atoms with Crippen molar-refractivity contribution >= 4 is 35.6 Å². The molecule has 0 aromatic rings. The van der Waals surface area contributed by atoms with Crippen LogP contribution in [-0.4, -0.2) is 76.3 Å². The van der Waals surface area contributed by atoms with Gasteiger partial charge >= 0.3 is 29.8 Å². The number of hydrogen-bond donors (Lipinski definition) is 0. The Morgan fingerprint density at radius 1 is 1.00 bits per heavy atom. The van der Waals surface area contributed by atoms with E-state index in [0.29, 0.717) is 0 Å². The number of hydrogen-bond acceptors (Lipinski definition) is 12. The highest BCUT2D eigenvalue weighted by atomic mass is 16.7. The quantitative estimate of drug-likeness (QED) is 0.153. The Morgan fingerprint density at radius 2 is 1.65 bits per heavy atom. The Balaban J connectivity index is 1.78. The average molecular weight is 599 g/mol. The summed E-state index contributed by atoms with van der Waals surface area (Å²) in [4.78, 5) is 82.0. The van der Waals surface area contributed by atoms with E-state index in [1.165, 1.54) is 39.8 Å². The Labute approximate surface area is 247 Å². The van der Waals surface area contributed by atoms with Gasteiger partial charge in [-0.1, -0.05) is 25.7 Å². The van der Waals surface area contributed by atoms with Crippen LogP contribution in [0.2, 0.25) is 0 Å². The molecule has 3 saturated heterocycles. The van der Waals surface area contributed by atoms with E-state index in [1.807, 2.05) is 0 Å². The number of ketones is 1. The van der Waals surface area contributed by atoms with Gasteiger partial charge in [0.25, 0.3) is 0 Å². The minimum atomic E-state index is -2.39. The van der Waals surface area contributed by atoms with Crippen LogP contribution in [0.15, 0.2) is 36.0 Å². The van der Waals surface area contributed by atoms with Gasteiger partial charge in [0.05, 0.1) is 10.8 Å². The van der Waals surface area contributed by atoms with Crippen molar-refractivity contribution < 1.29 is 57.2 Å². The minimum absolute atomic E-state index is 0.141. The van der Waals surface area contributed by atoms with Gasteiger partial charge in [0.2, 0.25) is 17.0 Å². The van der Waals surface area contributed by atoms with E-state index < -0.39 is 92.6 Å². The number of cyclic esters (lactones) is 2. The van der Waals surface area contributed by atoms with Crippen LogP contribution in [0.4, 0.5) is 0 Å². The summed E-state index contributed by atoms with van der Waals surface area (Å²) in [5.74, 6) is -5.23. The molecule has 2 saturated carbocycles. The van der Waals surface area contributed by atoms with Gasteiger partial charge < -0.3 is 28.4 Å². The summed E-state index contributed by atoms with van der Waals surface area (Å²) >= 11 is 0. The standard InChI is InChI=1S/C31H34O12/c1-10-14(2)20(34)40-18-13-28(12-11-19(33)41-25(28,6)7)15(3)30-22(39-17(5)32)26(8)21(35)29(27(18,30)9)23(36)38-16(4)31(29,43-30)24(37)42-26/h10-12,16,18,22H,3,13H2,1-2,4-9H3. The molecule has 0 aromatic carbocycles. The van der Waals surface area contributed by atoms with Crippen molar-refractivity contribution in [3.63, 3.8) is 0 Å². The molecule has 12 nitrogen and oxygen atoms in total. The first-order chi connectivity index (χ1) is 19.8. The summed E-state index contributed by atoms with van der Waals surface area (Å²) in [7, 11) is 0. The first-order valence-electron chi connectivity index (χ1n) is 14.1. The molecule has 4 aliphatic heterocycles. The van der Waals surface area contributed by atoms with Crippen molar-refractivity contribution in [2.24, 2.45) is 16.2 Å². The molecular formula is C31H34O12. The molecular weight excluding hydrogens is 564 g/mol. The van der Waals surface area contributed by atoms with Crippen molar-refractivity contribution in [1.29, 1.82) is 0 Å². The molecule has 12 heteroatoms. The van der Waals surface area contributed by atoms with Crippen molar-refractivity contribution in [3.8, 4) is 0 Å². The molecule has 0 N–H and O–H groups in total. The molecule has 2 aliphatic carbocycles. The van der Waals surface area contributed by atoms with Crippen molar-refractivity contribution in [3.05, 3.63) is 36.0 Å². The van der Waals surface area contributed by atoms with Crippen LogP contribution in [0, 0.1) is 16.2 Å². The van der Waals surface area contributed by atoms with E-state index in [9.17, 15) is 28.8 Å². The lowest BCUT2D eigenvalue weighted by molar-refractivity contribution is -0.268. The number of carbonyl (C=O) groups excluding carboxylic acids is 6. The Bertz CT molecular complexity index is 1540. The average Bonchev–Trinajstić information content (AvgIpc) is 3.23. The second-order valence-electron chi connectivity index (χ2n) is 13.2. The lowest BCUT2D eigenvalue weighted by atomic mass is 9.35. The molecule has 6 rings (SSSR count). The fourth-order valence-electron chi connectivity index (χ4n) is 9.01. The van der Waals surface area contributed by atoms with Crippen molar-refractivity contribution in [2.45, 2.75) is 103 Å². The second kappa shape index (κ2) is 8.02. The molecule has 9 atom stereocenters. The zero-order valence-corrected chi connectivity index (χ0v) is 25.3. The number of rotatable bonds is 3. The third kappa shape index (κ3) is 2.66. The van der Waals surface area contributed by atoms with Crippen LogP contribution >= 0.6 is 0 Å². The van der Waals surface area contributed by atoms with Gasteiger partial charge in [0.1, 0.15) is 23.4 Å². The van der Waals surface area contributed by atoms with Crippen LogP contribution in [0.25, 0.3) is 0 Å². The smallest absolute Gasteiger partial charge is 0.345 e. The van der Waals surface area contributed by atoms with Crippen LogP contribution in [0.5, 0.6) is 0 Å². The van der Waals surface area contributed by atoms with Crippen LogP contribution in [-0.2, 0) is 57.2 Å². The van der Waals surface area contributed by atoms with Gasteiger partial charge in [-0.2, -0.15) is 0 Å². The predicted octanol–water partition coefficient (Wildman–Crippen LogP) is 1.98. The molecule has 230 valence electrons. The van der Waals surface area contributed by atoms with E-state index >= 15 is 0 Å². The highest BCUT2D eigenvalue weighted by Gasteiger charge is 3.03. The lowest BCUT2D eigenvalue weighted by Gasteiger charge is -2.67. The largest absolute Gasteiger partial charge is 0.458 e.